The third-order valence-corrected chi connectivity index (χ3v) is 4.13. The standard InChI is InChI=1S/C20H24N2O7/c1-5-27-19(25)17-11(2)21-20(26)22-16(17)10-28-18(24)13(4)29-15-8-6-14(7-9-15)12(3)23/h6-9,11,13H,5,10H2,1-4H3,(H2,21,22,26)/t11-,13-/m0/s1. The number of esters is 2. The van der Waals surface area contributed by atoms with Gasteiger partial charge in [0.15, 0.2) is 11.9 Å². The normalized spacial score (nSPS) is 17.0. The van der Waals surface area contributed by atoms with E-state index in [4.69, 9.17) is 14.2 Å². The molecule has 2 atom stereocenters. The molecular weight excluding hydrogens is 380 g/mol. The van der Waals surface area contributed by atoms with Crippen molar-refractivity contribution in [1.29, 1.82) is 0 Å². The Morgan fingerprint density at radius 1 is 1.14 bits per heavy atom. The van der Waals surface area contributed by atoms with Gasteiger partial charge in [0.05, 0.1) is 23.9 Å². The van der Waals surface area contributed by atoms with Crippen LogP contribution >= 0.6 is 0 Å². The molecule has 0 unspecified atom stereocenters. The number of ether oxygens (including phenoxy) is 3. The van der Waals surface area contributed by atoms with Crippen LogP contribution in [0.4, 0.5) is 4.79 Å². The fraction of sp³-hybridized carbons (Fsp3) is 0.400. The average Bonchev–Trinajstić information content (AvgIpc) is 2.66. The summed E-state index contributed by atoms with van der Waals surface area (Å²) in [5.41, 5.74) is 0.875. The van der Waals surface area contributed by atoms with Crippen molar-refractivity contribution in [3.05, 3.63) is 41.1 Å². The zero-order valence-corrected chi connectivity index (χ0v) is 16.7. The maximum Gasteiger partial charge on any atom is 0.347 e. The summed E-state index contributed by atoms with van der Waals surface area (Å²) >= 11 is 0. The van der Waals surface area contributed by atoms with Gasteiger partial charge < -0.3 is 24.8 Å². The summed E-state index contributed by atoms with van der Waals surface area (Å²) < 4.78 is 15.7. The molecule has 0 bridgehead atoms. The largest absolute Gasteiger partial charge is 0.479 e. The number of benzene rings is 1. The maximum atomic E-state index is 12.3. The first-order valence-corrected chi connectivity index (χ1v) is 9.14. The van der Waals surface area contributed by atoms with Gasteiger partial charge in [0.1, 0.15) is 12.4 Å². The van der Waals surface area contributed by atoms with Crippen molar-refractivity contribution in [3.8, 4) is 5.75 Å². The van der Waals surface area contributed by atoms with Crippen LogP contribution in [-0.2, 0) is 19.1 Å². The third-order valence-electron chi connectivity index (χ3n) is 4.13. The van der Waals surface area contributed by atoms with Crippen molar-refractivity contribution in [2.24, 2.45) is 0 Å². The summed E-state index contributed by atoms with van der Waals surface area (Å²) in [5.74, 6) is -0.965. The van der Waals surface area contributed by atoms with Gasteiger partial charge in [-0.05, 0) is 52.0 Å². The molecule has 2 amide bonds. The molecule has 1 aliphatic rings. The van der Waals surface area contributed by atoms with E-state index < -0.39 is 30.1 Å². The van der Waals surface area contributed by atoms with Crippen LogP contribution in [-0.4, -0.2) is 49.1 Å². The minimum atomic E-state index is -0.945. The number of ketones is 1. The van der Waals surface area contributed by atoms with E-state index in [2.05, 4.69) is 10.6 Å². The molecule has 29 heavy (non-hydrogen) atoms. The number of nitrogens with one attached hydrogen (secondary N) is 2. The van der Waals surface area contributed by atoms with Crippen LogP contribution in [0.5, 0.6) is 5.75 Å². The predicted octanol–water partition coefficient (Wildman–Crippen LogP) is 1.72. The minimum absolute atomic E-state index is 0.0760. The van der Waals surface area contributed by atoms with Crippen LogP contribution in [0, 0.1) is 0 Å². The topological polar surface area (TPSA) is 120 Å². The maximum absolute atomic E-state index is 12.3. The Morgan fingerprint density at radius 2 is 1.79 bits per heavy atom. The van der Waals surface area contributed by atoms with Gasteiger partial charge in [0, 0.05) is 5.56 Å². The zero-order valence-electron chi connectivity index (χ0n) is 16.7. The molecule has 2 N–H and O–H groups in total. The molecule has 0 spiro atoms. The molecule has 0 saturated heterocycles. The molecule has 0 aromatic heterocycles. The zero-order chi connectivity index (χ0) is 21.6. The van der Waals surface area contributed by atoms with E-state index in [9.17, 15) is 19.2 Å². The monoisotopic (exact) mass is 404 g/mol. The van der Waals surface area contributed by atoms with Crippen molar-refractivity contribution in [2.75, 3.05) is 13.2 Å². The summed E-state index contributed by atoms with van der Waals surface area (Å²) in [6, 6.07) is 5.25. The van der Waals surface area contributed by atoms with E-state index in [0.717, 1.165) is 0 Å². The average molecular weight is 404 g/mol. The Hall–Kier alpha value is -3.36. The van der Waals surface area contributed by atoms with Gasteiger partial charge in [-0.15, -0.1) is 0 Å². The van der Waals surface area contributed by atoms with Crippen LogP contribution in [0.15, 0.2) is 35.5 Å². The highest BCUT2D eigenvalue weighted by Gasteiger charge is 2.30. The number of carbonyl (C=O) groups excluding carboxylic acids is 4. The summed E-state index contributed by atoms with van der Waals surface area (Å²) in [5, 5.41) is 5.03. The molecule has 1 aromatic rings. The van der Waals surface area contributed by atoms with Crippen molar-refractivity contribution in [1.82, 2.24) is 10.6 Å². The van der Waals surface area contributed by atoms with Crippen molar-refractivity contribution in [2.45, 2.75) is 39.8 Å². The quantitative estimate of drug-likeness (QED) is 0.500. The van der Waals surface area contributed by atoms with Crippen LogP contribution in [0.2, 0.25) is 0 Å². The molecule has 1 heterocycles. The lowest BCUT2D eigenvalue weighted by molar-refractivity contribution is -0.150. The smallest absolute Gasteiger partial charge is 0.347 e. The molecule has 0 aliphatic carbocycles. The first-order chi connectivity index (χ1) is 13.7. The molecule has 1 aliphatic heterocycles. The van der Waals surface area contributed by atoms with Gasteiger partial charge >= 0.3 is 18.0 Å². The predicted molar refractivity (Wildman–Crippen MR) is 102 cm³/mol. The van der Waals surface area contributed by atoms with Gasteiger partial charge in [-0.2, -0.15) is 0 Å². The van der Waals surface area contributed by atoms with Crippen molar-refractivity contribution < 1.29 is 33.4 Å². The lowest BCUT2D eigenvalue weighted by atomic mass is 10.0. The van der Waals surface area contributed by atoms with E-state index in [0.29, 0.717) is 11.3 Å². The van der Waals surface area contributed by atoms with E-state index >= 15 is 0 Å². The highest BCUT2D eigenvalue weighted by molar-refractivity contribution is 5.95. The Morgan fingerprint density at radius 3 is 2.38 bits per heavy atom. The van der Waals surface area contributed by atoms with Crippen LogP contribution in [0.3, 0.4) is 0 Å². The fourth-order valence-corrected chi connectivity index (χ4v) is 2.67. The Kier molecular flexibility index (Phi) is 7.35. The lowest BCUT2D eigenvalue weighted by Crippen LogP contribution is -2.50. The van der Waals surface area contributed by atoms with Gasteiger partial charge in [-0.3, -0.25) is 4.79 Å². The molecule has 1 aromatic carbocycles. The third kappa shape index (κ3) is 5.81. The molecule has 0 radical (unpaired) electrons. The Balaban J connectivity index is 2.02. The van der Waals surface area contributed by atoms with Crippen LogP contribution in [0.25, 0.3) is 0 Å². The van der Waals surface area contributed by atoms with Crippen LogP contribution < -0.4 is 15.4 Å². The lowest BCUT2D eigenvalue weighted by Gasteiger charge is -2.26. The Bertz CT molecular complexity index is 830. The van der Waals surface area contributed by atoms with E-state index in [-0.39, 0.29) is 30.3 Å². The van der Waals surface area contributed by atoms with E-state index in [1.54, 1.807) is 38.1 Å². The summed E-state index contributed by atoms with van der Waals surface area (Å²) in [6.07, 6.45) is -0.945. The van der Waals surface area contributed by atoms with Gasteiger partial charge in [-0.25, -0.2) is 14.4 Å². The summed E-state index contributed by atoms with van der Waals surface area (Å²) in [6.45, 7) is 6.11. The summed E-state index contributed by atoms with van der Waals surface area (Å²) in [7, 11) is 0. The second kappa shape index (κ2) is 9.72. The van der Waals surface area contributed by atoms with Gasteiger partial charge in [-0.1, -0.05) is 0 Å². The highest BCUT2D eigenvalue weighted by Crippen LogP contribution is 2.17. The number of urea groups is 1. The number of carbonyl (C=O) groups is 4. The molecular formula is C20H24N2O7. The van der Waals surface area contributed by atoms with E-state index in [1.807, 2.05) is 0 Å². The molecule has 0 saturated carbocycles. The van der Waals surface area contributed by atoms with E-state index in [1.165, 1.54) is 13.8 Å². The van der Waals surface area contributed by atoms with Gasteiger partial charge in [0.25, 0.3) is 0 Å². The second-order valence-corrected chi connectivity index (χ2v) is 6.38. The SMILES string of the molecule is CCOC(=O)C1=C(COC(=O)[C@H](C)Oc2ccc(C(C)=O)cc2)NC(=O)N[C@H]1C. The molecule has 156 valence electrons. The minimum Gasteiger partial charge on any atom is -0.479 e. The van der Waals surface area contributed by atoms with Crippen molar-refractivity contribution in [3.63, 3.8) is 0 Å². The number of rotatable bonds is 8. The second-order valence-electron chi connectivity index (χ2n) is 6.38. The van der Waals surface area contributed by atoms with Crippen LogP contribution in [0.1, 0.15) is 38.1 Å². The van der Waals surface area contributed by atoms with Crippen molar-refractivity contribution >= 4 is 23.8 Å². The fourth-order valence-electron chi connectivity index (χ4n) is 2.67. The number of amides is 2. The number of hydrogen-bond donors (Lipinski definition) is 2. The molecule has 0 fully saturated rings. The number of Topliss-reactive ketones (excluding diaryl/α,β-unsaturated/α-hetero) is 1. The first-order valence-electron chi connectivity index (χ1n) is 9.14. The first kappa shape index (κ1) is 21.9. The van der Waals surface area contributed by atoms with Gasteiger partial charge in [0.2, 0.25) is 0 Å². The molecule has 9 nitrogen and oxygen atoms in total. The molecule has 9 heteroatoms. The Labute approximate surface area is 168 Å². The number of hydrogen-bond acceptors (Lipinski definition) is 7. The summed E-state index contributed by atoms with van der Waals surface area (Å²) in [4.78, 5) is 47.4. The highest BCUT2D eigenvalue weighted by atomic mass is 16.6. The molecule has 2 rings (SSSR count).